The third-order valence-electron chi connectivity index (χ3n) is 5.56. The van der Waals surface area contributed by atoms with Gasteiger partial charge in [0.2, 0.25) is 0 Å². The van der Waals surface area contributed by atoms with E-state index in [0.717, 1.165) is 5.69 Å². The number of piperidine rings is 1. The molecule has 2 aliphatic rings. The van der Waals surface area contributed by atoms with Crippen molar-refractivity contribution in [1.29, 1.82) is 0 Å². The number of hydrogen-bond acceptors (Lipinski definition) is 6. The average molecular weight is 487 g/mol. The van der Waals surface area contributed by atoms with Crippen LogP contribution >= 0.6 is 11.6 Å². The predicted molar refractivity (Wildman–Crippen MR) is 111 cm³/mol. The maximum absolute atomic E-state index is 13.1. The minimum absolute atomic E-state index is 0.107. The van der Waals surface area contributed by atoms with Gasteiger partial charge in [0.15, 0.2) is 0 Å². The number of likely N-dealkylation sites (tertiary alicyclic amines) is 1. The summed E-state index contributed by atoms with van der Waals surface area (Å²) in [5, 5.41) is 0.178. The van der Waals surface area contributed by atoms with Crippen molar-refractivity contribution in [1.82, 2.24) is 9.88 Å². The van der Waals surface area contributed by atoms with Crippen molar-refractivity contribution in [2.24, 2.45) is 0 Å². The van der Waals surface area contributed by atoms with E-state index in [1.807, 2.05) is 18.2 Å². The van der Waals surface area contributed by atoms with Crippen molar-refractivity contribution >= 4 is 17.5 Å². The number of carbonyl (C=O) groups is 1. The molecule has 11 heteroatoms. The number of hydrogen-bond donors (Lipinski definition) is 0. The molecule has 2 aliphatic heterocycles. The maximum Gasteiger partial charge on any atom is 0.411 e. The van der Waals surface area contributed by atoms with E-state index in [0.29, 0.717) is 25.1 Å². The second-order valence-corrected chi connectivity index (χ2v) is 8.09. The lowest BCUT2D eigenvalue weighted by molar-refractivity contribution is -0.175. The van der Waals surface area contributed by atoms with Crippen LogP contribution in [0.4, 0.5) is 13.2 Å². The van der Waals surface area contributed by atoms with Crippen LogP contribution in [0, 0.1) is 0 Å². The SMILES string of the molecule is O=C(c1ccc(OCCOCC(F)(F)F)c(Cl)c1)N1CC[C@]2(c3ccccn3)OCO[C@@H]2C1. The third kappa shape index (κ3) is 5.40. The number of alkyl halides is 3. The van der Waals surface area contributed by atoms with Crippen LogP contribution in [0.3, 0.4) is 0 Å². The highest BCUT2D eigenvalue weighted by Gasteiger charge is 2.52. The minimum atomic E-state index is -4.39. The van der Waals surface area contributed by atoms with Gasteiger partial charge in [-0.1, -0.05) is 17.7 Å². The molecule has 1 amide bonds. The van der Waals surface area contributed by atoms with E-state index >= 15 is 0 Å². The molecule has 178 valence electrons. The van der Waals surface area contributed by atoms with Gasteiger partial charge in [0.05, 0.1) is 23.9 Å². The molecule has 3 heterocycles. The van der Waals surface area contributed by atoms with E-state index < -0.39 is 18.4 Å². The third-order valence-corrected chi connectivity index (χ3v) is 5.86. The highest BCUT2D eigenvalue weighted by Crippen LogP contribution is 2.41. The lowest BCUT2D eigenvalue weighted by Gasteiger charge is -2.41. The number of amides is 1. The van der Waals surface area contributed by atoms with E-state index in [1.54, 1.807) is 17.2 Å². The molecule has 2 aromatic rings. The van der Waals surface area contributed by atoms with Crippen LogP contribution in [0.1, 0.15) is 22.5 Å². The Labute approximate surface area is 193 Å². The van der Waals surface area contributed by atoms with Crippen LogP contribution in [0.25, 0.3) is 0 Å². The Kier molecular flexibility index (Phi) is 7.08. The molecule has 2 atom stereocenters. The van der Waals surface area contributed by atoms with Crippen molar-refractivity contribution in [3.05, 3.63) is 58.9 Å². The van der Waals surface area contributed by atoms with Gasteiger partial charge in [0, 0.05) is 24.7 Å². The zero-order chi connectivity index (χ0) is 23.5. The Morgan fingerprint density at radius 2 is 2.12 bits per heavy atom. The number of pyridine rings is 1. The van der Waals surface area contributed by atoms with Crippen LogP contribution in [0.5, 0.6) is 5.75 Å². The molecule has 0 radical (unpaired) electrons. The Balaban J connectivity index is 1.36. The first-order chi connectivity index (χ1) is 15.8. The molecule has 4 rings (SSSR count). The van der Waals surface area contributed by atoms with Gasteiger partial charge in [-0.05, 0) is 30.3 Å². The van der Waals surface area contributed by atoms with Crippen LogP contribution in [0.15, 0.2) is 42.6 Å². The molecule has 2 fully saturated rings. The number of nitrogens with zero attached hydrogens (tertiary/aromatic N) is 2. The molecule has 0 aliphatic carbocycles. The van der Waals surface area contributed by atoms with Crippen molar-refractivity contribution in [2.75, 3.05) is 39.7 Å². The summed E-state index contributed by atoms with van der Waals surface area (Å²) in [6.07, 6.45) is -2.50. The summed E-state index contributed by atoms with van der Waals surface area (Å²) in [5.74, 6) is 0.0336. The van der Waals surface area contributed by atoms with Crippen LogP contribution in [-0.4, -0.2) is 67.8 Å². The zero-order valence-electron chi connectivity index (χ0n) is 17.5. The summed E-state index contributed by atoms with van der Waals surface area (Å²) in [6.45, 7) is -0.780. The summed E-state index contributed by atoms with van der Waals surface area (Å²) < 4.78 is 57.8. The number of halogens is 4. The van der Waals surface area contributed by atoms with E-state index in [4.69, 9.17) is 25.8 Å². The van der Waals surface area contributed by atoms with Gasteiger partial charge in [-0.2, -0.15) is 13.2 Å². The lowest BCUT2D eigenvalue weighted by Crippen LogP contribution is -2.53. The molecule has 1 aromatic heterocycles. The standard InChI is InChI=1S/C22H22ClF3N2O5/c23-16-11-15(4-5-17(16)31-10-9-30-13-22(24,25)26)20(29)28-8-6-21(18-3-1-2-7-27-18)19(12-28)32-14-33-21/h1-5,7,11,19H,6,8-10,12-14H2/t19-,21-/m1/s1. The second kappa shape index (κ2) is 9.84. The fourth-order valence-corrected chi connectivity index (χ4v) is 4.21. The number of benzene rings is 1. The number of rotatable bonds is 7. The van der Waals surface area contributed by atoms with Gasteiger partial charge >= 0.3 is 6.18 Å². The van der Waals surface area contributed by atoms with Crippen molar-refractivity contribution < 1.29 is 36.9 Å². The summed E-state index contributed by atoms with van der Waals surface area (Å²) in [7, 11) is 0. The van der Waals surface area contributed by atoms with Gasteiger partial charge in [0.25, 0.3) is 5.91 Å². The molecule has 7 nitrogen and oxygen atoms in total. The van der Waals surface area contributed by atoms with Crippen molar-refractivity contribution in [2.45, 2.75) is 24.3 Å². The van der Waals surface area contributed by atoms with Gasteiger partial charge in [-0.15, -0.1) is 0 Å². The first kappa shape index (κ1) is 23.7. The fourth-order valence-electron chi connectivity index (χ4n) is 3.97. The molecular formula is C22H22ClF3N2O5. The predicted octanol–water partition coefficient (Wildman–Crippen LogP) is 3.81. The first-order valence-electron chi connectivity index (χ1n) is 10.3. The van der Waals surface area contributed by atoms with Gasteiger partial charge in [-0.25, -0.2) is 0 Å². The molecule has 1 aromatic carbocycles. The molecule has 2 saturated heterocycles. The smallest absolute Gasteiger partial charge is 0.411 e. The maximum atomic E-state index is 13.1. The summed E-state index contributed by atoms with van der Waals surface area (Å²) >= 11 is 6.22. The minimum Gasteiger partial charge on any atom is -0.490 e. The molecule has 0 spiro atoms. The number of carbonyl (C=O) groups excluding carboxylic acids is 1. The normalized spacial score (nSPS) is 22.8. The second-order valence-electron chi connectivity index (χ2n) is 7.68. The van der Waals surface area contributed by atoms with E-state index in [1.165, 1.54) is 12.1 Å². The summed E-state index contributed by atoms with van der Waals surface area (Å²) in [5.41, 5.74) is 0.468. The van der Waals surface area contributed by atoms with Crippen molar-refractivity contribution in [3.8, 4) is 5.75 Å². The Morgan fingerprint density at radius 3 is 2.85 bits per heavy atom. The molecule has 0 bridgehead atoms. The van der Waals surface area contributed by atoms with E-state index in [2.05, 4.69) is 9.72 Å². The lowest BCUT2D eigenvalue weighted by atomic mass is 9.85. The topological polar surface area (TPSA) is 70.1 Å². The molecule has 0 unspecified atom stereocenters. The first-order valence-corrected chi connectivity index (χ1v) is 10.7. The number of ether oxygens (including phenoxy) is 4. The Morgan fingerprint density at radius 1 is 1.27 bits per heavy atom. The van der Waals surface area contributed by atoms with Crippen molar-refractivity contribution in [3.63, 3.8) is 0 Å². The van der Waals surface area contributed by atoms with Gasteiger partial charge < -0.3 is 23.8 Å². The highest BCUT2D eigenvalue weighted by atomic mass is 35.5. The zero-order valence-corrected chi connectivity index (χ0v) is 18.3. The summed E-state index contributed by atoms with van der Waals surface area (Å²) in [4.78, 5) is 19.2. The Bertz CT molecular complexity index is 978. The molecular weight excluding hydrogens is 465 g/mol. The molecule has 0 N–H and O–H groups in total. The molecule has 0 saturated carbocycles. The van der Waals surface area contributed by atoms with Crippen LogP contribution < -0.4 is 4.74 Å². The number of aromatic nitrogens is 1. The monoisotopic (exact) mass is 486 g/mol. The van der Waals surface area contributed by atoms with E-state index in [9.17, 15) is 18.0 Å². The summed E-state index contributed by atoms with van der Waals surface area (Å²) in [6, 6.07) is 10.2. The van der Waals surface area contributed by atoms with E-state index in [-0.39, 0.29) is 42.8 Å². The highest BCUT2D eigenvalue weighted by molar-refractivity contribution is 6.32. The molecule has 33 heavy (non-hydrogen) atoms. The quantitative estimate of drug-likeness (QED) is 0.554. The van der Waals surface area contributed by atoms with Crippen LogP contribution in [0.2, 0.25) is 5.02 Å². The fraction of sp³-hybridized carbons (Fsp3) is 0.455. The Hall–Kier alpha value is -2.40. The van der Waals surface area contributed by atoms with Crippen LogP contribution in [-0.2, 0) is 19.8 Å². The van der Waals surface area contributed by atoms with Gasteiger partial charge in [0.1, 0.15) is 37.5 Å². The van der Waals surface area contributed by atoms with Gasteiger partial charge in [-0.3, -0.25) is 9.78 Å². The largest absolute Gasteiger partial charge is 0.490 e. The average Bonchev–Trinajstić information content (AvgIpc) is 3.23. The number of fused-ring (bicyclic) bond motifs is 1.